The molecule has 0 amide bonds. The highest BCUT2D eigenvalue weighted by molar-refractivity contribution is 6.73. The van der Waals surface area contributed by atoms with E-state index in [9.17, 15) is 0 Å². The van der Waals surface area contributed by atoms with Crippen molar-refractivity contribution in [2.45, 2.75) is 58.4 Å². The normalized spacial score (nSPS) is 13.6. The van der Waals surface area contributed by atoms with Gasteiger partial charge in [-0.15, -0.1) is 0 Å². The van der Waals surface area contributed by atoms with Crippen molar-refractivity contribution in [3.63, 3.8) is 0 Å². The predicted molar refractivity (Wildman–Crippen MR) is 78.8 cm³/mol. The van der Waals surface area contributed by atoms with Crippen LogP contribution in [0.2, 0.25) is 18.1 Å². The van der Waals surface area contributed by atoms with Gasteiger partial charge in [0.2, 0.25) is 8.32 Å². The third-order valence-corrected chi connectivity index (χ3v) is 8.13. The van der Waals surface area contributed by atoms with Gasteiger partial charge in [-0.1, -0.05) is 58.0 Å². The molecule has 18 heavy (non-hydrogen) atoms. The second-order valence-electron chi connectivity index (χ2n) is 4.73. The molecule has 0 aromatic heterocycles. The lowest BCUT2D eigenvalue weighted by atomic mass is 10.1. The Balaban J connectivity index is 2.65. The molecule has 102 valence electrons. The highest BCUT2D eigenvalue weighted by atomic mass is 28.4. The Kier molecular flexibility index (Phi) is 6.61. The first-order valence-corrected chi connectivity index (χ1v) is 9.63. The maximum atomic E-state index is 5.92. The van der Waals surface area contributed by atoms with Gasteiger partial charge in [0.05, 0.1) is 0 Å². The SMILES string of the molecule is CCC(OO[Si](CC)(CC)CC)c1ccccc1. The van der Waals surface area contributed by atoms with Crippen LogP contribution in [0.25, 0.3) is 0 Å². The average molecular weight is 266 g/mol. The van der Waals surface area contributed by atoms with Crippen LogP contribution in [0.15, 0.2) is 30.3 Å². The van der Waals surface area contributed by atoms with E-state index in [4.69, 9.17) is 9.46 Å². The fourth-order valence-corrected chi connectivity index (χ4v) is 4.29. The fraction of sp³-hybridized carbons (Fsp3) is 0.600. The average Bonchev–Trinajstić information content (AvgIpc) is 2.45. The lowest BCUT2D eigenvalue weighted by molar-refractivity contribution is -0.261. The molecule has 1 aromatic carbocycles. The van der Waals surface area contributed by atoms with E-state index in [2.05, 4.69) is 39.8 Å². The molecule has 0 heterocycles. The van der Waals surface area contributed by atoms with Crippen molar-refractivity contribution in [3.05, 3.63) is 35.9 Å². The van der Waals surface area contributed by atoms with Gasteiger partial charge in [-0.3, -0.25) is 4.58 Å². The maximum absolute atomic E-state index is 5.92. The lowest BCUT2D eigenvalue weighted by Crippen LogP contribution is -2.36. The van der Waals surface area contributed by atoms with E-state index in [1.54, 1.807) is 0 Å². The summed E-state index contributed by atoms with van der Waals surface area (Å²) in [6.07, 6.45) is 0.994. The van der Waals surface area contributed by atoms with Crippen LogP contribution in [0.5, 0.6) is 0 Å². The van der Waals surface area contributed by atoms with Crippen molar-refractivity contribution >= 4 is 8.32 Å². The van der Waals surface area contributed by atoms with Crippen molar-refractivity contribution in [1.29, 1.82) is 0 Å². The maximum Gasteiger partial charge on any atom is 0.238 e. The highest BCUT2D eigenvalue weighted by Gasteiger charge is 2.31. The first-order chi connectivity index (χ1) is 8.71. The summed E-state index contributed by atoms with van der Waals surface area (Å²) in [5.41, 5.74) is 1.20. The zero-order valence-corrected chi connectivity index (χ0v) is 13.1. The molecule has 0 N–H and O–H groups in total. The Hall–Kier alpha value is -0.643. The molecule has 0 spiro atoms. The van der Waals surface area contributed by atoms with E-state index >= 15 is 0 Å². The zero-order chi connectivity index (χ0) is 13.4. The van der Waals surface area contributed by atoms with Crippen molar-refractivity contribution in [2.75, 3.05) is 0 Å². The Labute approximate surface area is 112 Å². The summed E-state index contributed by atoms with van der Waals surface area (Å²) in [4.78, 5) is 5.78. The topological polar surface area (TPSA) is 18.5 Å². The number of hydrogen-bond acceptors (Lipinski definition) is 2. The molecule has 1 rings (SSSR count). The minimum absolute atomic E-state index is 0.0581. The molecule has 0 aliphatic carbocycles. The molecule has 0 saturated carbocycles. The Morgan fingerprint density at radius 3 is 1.94 bits per heavy atom. The third kappa shape index (κ3) is 3.94. The van der Waals surface area contributed by atoms with E-state index < -0.39 is 8.32 Å². The van der Waals surface area contributed by atoms with Crippen LogP contribution in [-0.4, -0.2) is 8.32 Å². The molecule has 0 aliphatic rings. The van der Waals surface area contributed by atoms with Gasteiger partial charge in [0.15, 0.2) is 0 Å². The summed E-state index contributed by atoms with van der Waals surface area (Å²) >= 11 is 0. The van der Waals surface area contributed by atoms with Gasteiger partial charge < -0.3 is 0 Å². The summed E-state index contributed by atoms with van der Waals surface area (Å²) < 4.78 is 5.92. The Bertz CT molecular complexity index is 314. The van der Waals surface area contributed by atoms with Crippen LogP contribution in [0.1, 0.15) is 45.8 Å². The van der Waals surface area contributed by atoms with E-state index in [0.29, 0.717) is 0 Å². The summed E-state index contributed by atoms with van der Waals surface area (Å²) in [5.74, 6) is 0. The zero-order valence-electron chi connectivity index (χ0n) is 12.1. The summed E-state index contributed by atoms with van der Waals surface area (Å²) in [6, 6.07) is 13.7. The Morgan fingerprint density at radius 1 is 0.944 bits per heavy atom. The van der Waals surface area contributed by atoms with Gasteiger partial charge in [-0.05, 0) is 30.1 Å². The molecular weight excluding hydrogens is 240 g/mol. The van der Waals surface area contributed by atoms with Gasteiger partial charge >= 0.3 is 0 Å². The van der Waals surface area contributed by atoms with Crippen LogP contribution < -0.4 is 0 Å². The second-order valence-corrected chi connectivity index (χ2v) is 9.38. The van der Waals surface area contributed by atoms with Gasteiger partial charge in [-0.2, -0.15) is 0 Å². The molecule has 1 unspecified atom stereocenters. The quantitative estimate of drug-likeness (QED) is 0.370. The van der Waals surface area contributed by atoms with Crippen molar-refractivity contribution in [2.24, 2.45) is 0 Å². The fourth-order valence-electron chi connectivity index (χ4n) is 2.11. The van der Waals surface area contributed by atoms with Crippen molar-refractivity contribution in [1.82, 2.24) is 0 Å². The molecule has 3 heteroatoms. The lowest BCUT2D eigenvalue weighted by Gasteiger charge is -2.28. The summed E-state index contributed by atoms with van der Waals surface area (Å²) in [5, 5.41) is 0. The molecule has 0 bridgehead atoms. The Morgan fingerprint density at radius 2 is 1.50 bits per heavy atom. The minimum Gasteiger partial charge on any atom is -0.286 e. The summed E-state index contributed by atoms with van der Waals surface area (Å²) in [6.45, 7) is 8.78. The smallest absolute Gasteiger partial charge is 0.238 e. The largest absolute Gasteiger partial charge is 0.286 e. The molecule has 1 atom stereocenters. The first kappa shape index (κ1) is 15.4. The number of hydrogen-bond donors (Lipinski definition) is 0. The van der Waals surface area contributed by atoms with E-state index in [1.807, 2.05) is 18.2 Å². The van der Waals surface area contributed by atoms with Crippen LogP contribution in [-0.2, 0) is 9.46 Å². The van der Waals surface area contributed by atoms with Crippen LogP contribution in [0.4, 0.5) is 0 Å². The van der Waals surface area contributed by atoms with Gasteiger partial charge in [0.25, 0.3) is 0 Å². The van der Waals surface area contributed by atoms with Crippen LogP contribution in [0, 0.1) is 0 Å². The highest BCUT2D eigenvalue weighted by Crippen LogP contribution is 2.27. The van der Waals surface area contributed by atoms with Crippen LogP contribution in [0.3, 0.4) is 0 Å². The summed E-state index contributed by atoms with van der Waals surface area (Å²) in [7, 11) is -1.65. The molecule has 0 saturated heterocycles. The van der Waals surface area contributed by atoms with Gasteiger partial charge in [0, 0.05) is 0 Å². The van der Waals surface area contributed by atoms with E-state index in [1.165, 1.54) is 5.56 Å². The predicted octanol–water partition coefficient (Wildman–Crippen LogP) is 5.09. The van der Waals surface area contributed by atoms with Crippen molar-refractivity contribution < 1.29 is 9.46 Å². The molecule has 0 radical (unpaired) electrons. The van der Waals surface area contributed by atoms with E-state index in [-0.39, 0.29) is 6.10 Å². The standard InChI is InChI=1S/C15H26O2Si/c1-5-15(14-12-10-9-11-13-14)16-17-18(6-2,7-3)8-4/h9-13,15H,5-8H2,1-4H3. The van der Waals surface area contributed by atoms with E-state index in [0.717, 1.165) is 24.6 Å². The van der Waals surface area contributed by atoms with Gasteiger partial charge in [0.1, 0.15) is 6.10 Å². The molecular formula is C15H26O2Si. The molecule has 2 nitrogen and oxygen atoms in total. The number of benzene rings is 1. The molecule has 1 aromatic rings. The van der Waals surface area contributed by atoms with Crippen molar-refractivity contribution in [3.8, 4) is 0 Å². The first-order valence-electron chi connectivity index (χ1n) is 7.10. The van der Waals surface area contributed by atoms with Gasteiger partial charge in [-0.25, -0.2) is 4.89 Å². The monoisotopic (exact) mass is 266 g/mol. The molecule has 0 fully saturated rings. The van der Waals surface area contributed by atoms with Crippen LogP contribution >= 0.6 is 0 Å². The number of rotatable bonds is 8. The minimum atomic E-state index is -1.65. The molecule has 0 aliphatic heterocycles. The third-order valence-electron chi connectivity index (χ3n) is 3.82. The second kappa shape index (κ2) is 7.72.